The molecule has 6 heteroatoms. The van der Waals surface area contributed by atoms with Crippen LogP contribution in [0.2, 0.25) is 0 Å². The number of ether oxygens (including phenoxy) is 1. The number of rotatable bonds is 5. The number of carbonyl (C=O) groups excluding carboxylic acids is 1. The van der Waals surface area contributed by atoms with Crippen molar-refractivity contribution in [2.45, 2.75) is 70.8 Å². The lowest BCUT2D eigenvalue weighted by Gasteiger charge is -2.45. The minimum absolute atomic E-state index is 0.105. The van der Waals surface area contributed by atoms with Gasteiger partial charge in [-0.25, -0.2) is 0 Å². The Kier molecular flexibility index (Phi) is 5.38. The SMILES string of the molecule is Cc1ccccc1C1(CC(=O)Nc2noc(C(C)C)n2)CCOC(C)(C)C1. The maximum absolute atomic E-state index is 12.9. The molecule has 1 fully saturated rings. The maximum atomic E-state index is 12.9. The van der Waals surface area contributed by atoms with Crippen molar-refractivity contribution in [1.29, 1.82) is 0 Å². The highest BCUT2D eigenvalue weighted by Crippen LogP contribution is 2.45. The Morgan fingerprint density at radius 3 is 2.67 bits per heavy atom. The second-order valence-corrected chi connectivity index (χ2v) is 8.47. The van der Waals surface area contributed by atoms with E-state index in [0.717, 1.165) is 12.8 Å². The minimum atomic E-state index is -0.280. The Balaban J connectivity index is 1.85. The quantitative estimate of drug-likeness (QED) is 0.845. The first-order valence-corrected chi connectivity index (χ1v) is 9.54. The lowest BCUT2D eigenvalue weighted by Crippen LogP contribution is -2.46. The van der Waals surface area contributed by atoms with E-state index in [4.69, 9.17) is 9.26 Å². The van der Waals surface area contributed by atoms with E-state index in [0.29, 0.717) is 18.9 Å². The van der Waals surface area contributed by atoms with Crippen molar-refractivity contribution in [2.24, 2.45) is 0 Å². The predicted octanol–water partition coefficient (Wildman–Crippen LogP) is 4.36. The van der Waals surface area contributed by atoms with Gasteiger partial charge in [0.15, 0.2) is 0 Å². The molecule has 0 spiro atoms. The molecular formula is C21H29N3O3. The number of nitrogens with zero attached hydrogens (tertiary/aromatic N) is 2. The summed E-state index contributed by atoms with van der Waals surface area (Å²) in [6, 6.07) is 8.31. The van der Waals surface area contributed by atoms with Gasteiger partial charge in [0.1, 0.15) is 0 Å². The summed E-state index contributed by atoms with van der Waals surface area (Å²) in [5, 5.41) is 6.68. The molecule has 0 bridgehead atoms. The van der Waals surface area contributed by atoms with Gasteiger partial charge in [0.25, 0.3) is 5.95 Å². The van der Waals surface area contributed by atoms with Crippen LogP contribution < -0.4 is 5.32 Å². The highest BCUT2D eigenvalue weighted by atomic mass is 16.5. The van der Waals surface area contributed by atoms with Crippen molar-refractivity contribution in [3.63, 3.8) is 0 Å². The first kappa shape index (κ1) is 19.5. The summed E-state index contributed by atoms with van der Waals surface area (Å²) in [5.74, 6) is 0.769. The van der Waals surface area contributed by atoms with Crippen LogP contribution in [0.3, 0.4) is 0 Å². The van der Waals surface area contributed by atoms with E-state index < -0.39 is 0 Å². The van der Waals surface area contributed by atoms with Gasteiger partial charge in [-0.2, -0.15) is 4.98 Å². The summed E-state index contributed by atoms with van der Waals surface area (Å²) in [4.78, 5) is 17.1. The molecule has 1 saturated heterocycles. The van der Waals surface area contributed by atoms with Gasteiger partial charge >= 0.3 is 0 Å². The second kappa shape index (κ2) is 7.43. The summed E-state index contributed by atoms with van der Waals surface area (Å²) in [7, 11) is 0. The Hall–Kier alpha value is -2.21. The molecule has 1 aromatic carbocycles. The Morgan fingerprint density at radius 2 is 2.04 bits per heavy atom. The molecule has 2 aromatic rings. The van der Waals surface area contributed by atoms with E-state index in [1.807, 2.05) is 26.0 Å². The van der Waals surface area contributed by atoms with Gasteiger partial charge in [-0.1, -0.05) is 38.1 Å². The van der Waals surface area contributed by atoms with Crippen LogP contribution in [-0.4, -0.2) is 28.3 Å². The third-order valence-corrected chi connectivity index (χ3v) is 5.24. The van der Waals surface area contributed by atoms with Crippen molar-refractivity contribution in [3.8, 4) is 0 Å². The fraction of sp³-hybridized carbons (Fsp3) is 0.571. The molecule has 0 saturated carbocycles. The van der Waals surface area contributed by atoms with Crippen LogP contribution in [0, 0.1) is 6.92 Å². The minimum Gasteiger partial charge on any atom is -0.376 e. The lowest BCUT2D eigenvalue weighted by atomic mass is 9.66. The number of anilines is 1. The van der Waals surface area contributed by atoms with Crippen molar-refractivity contribution in [3.05, 3.63) is 41.3 Å². The van der Waals surface area contributed by atoms with Gasteiger partial charge in [-0.15, -0.1) is 0 Å². The summed E-state index contributed by atoms with van der Waals surface area (Å²) >= 11 is 0. The first-order chi connectivity index (χ1) is 12.7. The van der Waals surface area contributed by atoms with Crippen LogP contribution in [0.5, 0.6) is 0 Å². The van der Waals surface area contributed by atoms with Crippen molar-refractivity contribution >= 4 is 11.9 Å². The molecule has 3 rings (SSSR count). The Morgan fingerprint density at radius 1 is 1.30 bits per heavy atom. The zero-order chi connectivity index (χ0) is 19.7. The van der Waals surface area contributed by atoms with Crippen LogP contribution in [0.25, 0.3) is 0 Å². The molecule has 27 heavy (non-hydrogen) atoms. The van der Waals surface area contributed by atoms with E-state index in [-0.39, 0.29) is 28.8 Å². The van der Waals surface area contributed by atoms with Gasteiger partial charge in [0, 0.05) is 24.4 Å². The van der Waals surface area contributed by atoms with Gasteiger partial charge < -0.3 is 9.26 Å². The van der Waals surface area contributed by atoms with Gasteiger partial charge in [0.05, 0.1) is 5.60 Å². The highest BCUT2D eigenvalue weighted by molar-refractivity contribution is 5.90. The molecule has 0 aliphatic carbocycles. The summed E-state index contributed by atoms with van der Waals surface area (Å²) in [6.45, 7) is 10.9. The molecule has 2 heterocycles. The number of aromatic nitrogens is 2. The van der Waals surface area contributed by atoms with Crippen LogP contribution in [0.4, 0.5) is 5.95 Å². The number of benzene rings is 1. The predicted molar refractivity (Wildman–Crippen MR) is 104 cm³/mol. The van der Waals surface area contributed by atoms with Crippen LogP contribution in [0.1, 0.15) is 69.9 Å². The van der Waals surface area contributed by atoms with E-state index in [9.17, 15) is 4.79 Å². The molecular weight excluding hydrogens is 342 g/mol. The van der Waals surface area contributed by atoms with Gasteiger partial charge in [0.2, 0.25) is 11.8 Å². The molecule has 1 N–H and O–H groups in total. The number of carbonyl (C=O) groups is 1. The molecule has 1 unspecified atom stereocenters. The molecule has 1 aromatic heterocycles. The second-order valence-electron chi connectivity index (χ2n) is 8.47. The zero-order valence-corrected chi connectivity index (χ0v) is 16.8. The van der Waals surface area contributed by atoms with Gasteiger partial charge in [-0.3, -0.25) is 10.1 Å². The van der Waals surface area contributed by atoms with E-state index in [2.05, 4.69) is 48.4 Å². The third kappa shape index (κ3) is 4.38. The molecule has 146 valence electrons. The monoisotopic (exact) mass is 371 g/mol. The normalized spacial score (nSPS) is 22.0. The standard InChI is InChI=1S/C21H29N3O3/c1-14(2)18-23-19(24-27-18)22-17(25)12-21(10-11-26-20(4,5)13-21)16-9-7-6-8-15(16)3/h6-9,14H,10-13H2,1-5H3,(H,22,24,25). The molecule has 1 atom stereocenters. The van der Waals surface area contributed by atoms with Crippen LogP contribution in [0.15, 0.2) is 28.8 Å². The molecule has 0 radical (unpaired) electrons. The molecule has 6 nitrogen and oxygen atoms in total. The number of hydrogen-bond acceptors (Lipinski definition) is 5. The molecule has 1 amide bonds. The average Bonchev–Trinajstić information content (AvgIpc) is 3.02. The van der Waals surface area contributed by atoms with E-state index in [1.165, 1.54) is 11.1 Å². The zero-order valence-electron chi connectivity index (χ0n) is 16.8. The number of hydrogen-bond donors (Lipinski definition) is 1. The first-order valence-electron chi connectivity index (χ1n) is 9.54. The highest BCUT2D eigenvalue weighted by Gasteiger charge is 2.44. The lowest BCUT2D eigenvalue weighted by molar-refractivity contribution is -0.122. The van der Waals surface area contributed by atoms with Crippen molar-refractivity contribution in [1.82, 2.24) is 10.1 Å². The summed E-state index contributed by atoms with van der Waals surface area (Å²) in [6.07, 6.45) is 1.94. The fourth-order valence-corrected chi connectivity index (χ4v) is 4.12. The Bertz CT molecular complexity index is 813. The smallest absolute Gasteiger partial charge is 0.270 e. The molecule has 1 aliphatic rings. The largest absolute Gasteiger partial charge is 0.376 e. The topological polar surface area (TPSA) is 77.3 Å². The Labute approximate surface area is 160 Å². The van der Waals surface area contributed by atoms with Crippen molar-refractivity contribution in [2.75, 3.05) is 11.9 Å². The summed E-state index contributed by atoms with van der Waals surface area (Å²) in [5.41, 5.74) is 1.86. The number of aryl methyl sites for hydroxylation is 1. The van der Waals surface area contributed by atoms with Crippen molar-refractivity contribution < 1.29 is 14.1 Å². The molecule has 1 aliphatic heterocycles. The average molecular weight is 371 g/mol. The maximum Gasteiger partial charge on any atom is 0.270 e. The van der Waals surface area contributed by atoms with Crippen LogP contribution in [-0.2, 0) is 14.9 Å². The van der Waals surface area contributed by atoms with Gasteiger partial charge in [-0.05, 0) is 49.9 Å². The summed E-state index contributed by atoms with van der Waals surface area (Å²) < 4.78 is 11.1. The number of nitrogens with one attached hydrogen (secondary N) is 1. The third-order valence-electron chi connectivity index (χ3n) is 5.24. The van der Waals surface area contributed by atoms with E-state index in [1.54, 1.807) is 0 Å². The fourth-order valence-electron chi connectivity index (χ4n) is 4.12. The van der Waals surface area contributed by atoms with E-state index >= 15 is 0 Å². The van der Waals surface area contributed by atoms with Crippen LogP contribution >= 0.6 is 0 Å². The number of amides is 1.